The van der Waals surface area contributed by atoms with E-state index in [-0.39, 0.29) is 9.92 Å². The Morgan fingerprint density at radius 1 is 1.29 bits per heavy atom. The molecule has 3 N–H and O–H groups in total. The molecule has 0 amide bonds. The van der Waals surface area contributed by atoms with Crippen molar-refractivity contribution in [3.05, 3.63) is 28.8 Å². The van der Waals surface area contributed by atoms with Crippen LogP contribution in [0.2, 0.25) is 5.02 Å². The first-order valence-electron chi connectivity index (χ1n) is 7.51. The van der Waals surface area contributed by atoms with Gasteiger partial charge in [0.2, 0.25) is 10.0 Å². The van der Waals surface area contributed by atoms with E-state index < -0.39 is 10.0 Å². The fourth-order valence-electron chi connectivity index (χ4n) is 2.86. The summed E-state index contributed by atoms with van der Waals surface area (Å²) >= 11 is 6.03. The van der Waals surface area contributed by atoms with Gasteiger partial charge in [0.1, 0.15) is 4.90 Å². The number of hydrogen-bond acceptors (Lipinski definition) is 3. The Labute approximate surface area is 132 Å². The average molecular weight is 331 g/mol. The van der Waals surface area contributed by atoms with Gasteiger partial charge in [0.25, 0.3) is 0 Å². The zero-order valence-corrected chi connectivity index (χ0v) is 13.7. The van der Waals surface area contributed by atoms with Gasteiger partial charge in [0.15, 0.2) is 0 Å². The fraction of sp³-hybridized carbons (Fsp3) is 0.600. The van der Waals surface area contributed by atoms with Gasteiger partial charge in [0.05, 0.1) is 5.02 Å². The van der Waals surface area contributed by atoms with Gasteiger partial charge in [-0.2, -0.15) is 0 Å². The minimum absolute atomic E-state index is 0.127. The lowest BCUT2D eigenvalue weighted by Crippen LogP contribution is -2.25. The van der Waals surface area contributed by atoms with Gasteiger partial charge in [0, 0.05) is 13.1 Å². The maximum Gasteiger partial charge on any atom is 0.242 e. The first kappa shape index (κ1) is 16.7. The monoisotopic (exact) mass is 330 g/mol. The Bertz CT molecular complexity index is 569. The molecule has 1 saturated carbocycles. The van der Waals surface area contributed by atoms with Crippen LogP contribution in [0.5, 0.6) is 0 Å². The Morgan fingerprint density at radius 2 is 2.00 bits per heavy atom. The van der Waals surface area contributed by atoms with Gasteiger partial charge in [-0.1, -0.05) is 43.4 Å². The van der Waals surface area contributed by atoms with Crippen LogP contribution in [0.3, 0.4) is 0 Å². The summed E-state index contributed by atoms with van der Waals surface area (Å²) in [6, 6.07) is 4.82. The van der Waals surface area contributed by atoms with Crippen LogP contribution < -0.4 is 10.5 Å². The first-order chi connectivity index (χ1) is 10.0. The summed E-state index contributed by atoms with van der Waals surface area (Å²) in [6.45, 7) is 0.808. The van der Waals surface area contributed by atoms with Crippen LogP contribution in [0, 0.1) is 5.92 Å². The van der Waals surface area contributed by atoms with E-state index in [1.165, 1.54) is 31.7 Å². The molecular formula is C15H23ClN2O2S. The fourth-order valence-corrected chi connectivity index (χ4v) is 4.50. The van der Waals surface area contributed by atoms with Crippen molar-refractivity contribution >= 4 is 21.6 Å². The summed E-state index contributed by atoms with van der Waals surface area (Å²) in [5, 5.41) is 0.223. The van der Waals surface area contributed by atoms with E-state index in [1.54, 1.807) is 12.1 Å². The first-order valence-corrected chi connectivity index (χ1v) is 9.37. The van der Waals surface area contributed by atoms with Crippen molar-refractivity contribution in [3.8, 4) is 0 Å². The van der Waals surface area contributed by atoms with Crippen LogP contribution in [-0.2, 0) is 16.6 Å². The maximum atomic E-state index is 12.2. The van der Waals surface area contributed by atoms with Gasteiger partial charge in [-0.05, 0) is 36.5 Å². The van der Waals surface area contributed by atoms with E-state index in [1.807, 2.05) is 0 Å². The molecule has 0 bridgehead atoms. The number of rotatable bonds is 7. The van der Waals surface area contributed by atoms with Crippen LogP contribution in [0.1, 0.15) is 44.1 Å². The van der Waals surface area contributed by atoms with Crippen LogP contribution in [-0.4, -0.2) is 15.0 Å². The lowest BCUT2D eigenvalue weighted by atomic mass is 10.0. The Balaban J connectivity index is 1.88. The Morgan fingerprint density at radius 3 is 2.62 bits per heavy atom. The molecule has 118 valence electrons. The minimum atomic E-state index is -3.53. The number of sulfonamides is 1. The molecule has 1 aliphatic rings. The maximum absolute atomic E-state index is 12.2. The largest absolute Gasteiger partial charge is 0.326 e. The molecular weight excluding hydrogens is 308 g/mol. The van der Waals surface area contributed by atoms with Crippen molar-refractivity contribution in [2.45, 2.75) is 50.0 Å². The number of hydrogen-bond donors (Lipinski definition) is 2. The zero-order chi connectivity index (χ0) is 15.3. The molecule has 0 aromatic heterocycles. The highest BCUT2D eigenvalue weighted by molar-refractivity contribution is 7.89. The number of nitrogens with one attached hydrogen (secondary N) is 1. The molecule has 2 rings (SSSR count). The topological polar surface area (TPSA) is 72.2 Å². The molecule has 0 unspecified atom stereocenters. The van der Waals surface area contributed by atoms with Crippen molar-refractivity contribution in [2.75, 3.05) is 6.54 Å². The second kappa shape index (κ2) is 7.58. The molecule has 1 aromatic carbocycles. The predicted molar refractivity (Wildman–Crippen MR) is 85.7 cm³/mol. The van der Waals surface area contributed by atoms with Crippen LogP contribution >= 0.6 is 11.6 Å². The standard InChI is InChI=1S/C15H23ClN2O2S/c16-14-10-13(11-17)7-8-15(14)21(19,20)18-9-3-6-12-4-1-2-5-12/h7-8,10,12,18H,1-6,9,11,17H2. The van der Waals surface area contributed by atoms with Crippen molar-refractivity contribution in [1.29, 1.82) is 0 Å². The SMILES string of the molecule is NCc1ccc(S(=O)(=O)NCCCC2CCCC2)c(Cl)c1. The van der Waals surface area contributed by atoms with Gasteiger partial charge >= 0.3 is 0 Å². The quantitative estimate of drug-likeness (QED) is 0.755. The smallest absolute Gasteiger partial charge is 0.242 e. The predicted octanol–water partition coefficient (Wildman–Crippen LogP) is 3.05. The van der Waals surface area contributed by atoms with Gasteiger partial charge < -0.3 is 5.73 Å². The van der Waals surface area contributed by atoms with Gasteiger partial charge in [-0.25, -0.2) is 13.1 Å². The molecule has 21 heavy (non-hydrogen) atoms. The van der Waals surface area contributed by atoms with Gasteiger partial charge in [-0.15, -0.1) is 0 Å². The lowest BCUT2D eigenvalue weighted by molar-refractivity contribution is 0.480. The van der Waals surface area contributed by atoms with Gasteiger partial charge in [-0.3, -0.25) is 0 Å². The molecule has 1 fully saturated rings. The van der Waals surface area contributed by atoms with Crippen LogP contribution in [0.15, 0.2) is 23.1 Å². The van der Waals surface area contributed by atoms with Crippen LogP contribution in [0.4, 0.5) is 0 Å². The van der Waals surface area contributed by atoms with Crippen molar-refractivity contribution in [2.24, 2.45) is 11.7 Å². The molecule has 1 aliphatic carbocycles. The molecule has 1 aromatic rings. The van der Waals surface area contributed by atoms with E-state index in [4.69, 9.17) is 17.3 Å². The second-order valence-corrected chi connectivity index (χ2v) is 7.80. The number of benzene rings is 1. The second-order valence-electron chi connectivity index (χ2n) is 5.66. The number of halogens is 1. The summed E-state index contributed by atoms with van der Waals surface area (Å²) < 4.78 is 27.1. The highest BCUT2D eigenvalue weighted by Crippen LogP contribution is 2.28. The van der Waals surface area contributed by atoms with E-state index >= 15 is 0 Å². The third-order valence-corrected chi connectivity index (χ3v) is 6.02. The van der Waals surface area contributed by atoms with Crippen molar-refractivity contribution in [3.63, 3.8) is 0 Å². The Hall–Kier alpha value is -0.620. The normalized spacial score (nSPS) is 16.5. The molecule has 6 heteroatoms. The summed E-state index contributed by atoms with van der Waals surface area (Å²) in [5.74, 6) is 0.780. The average Bonchev–Trinajstić information content (AvgIpc) is 2.96. The Kier molecular flexibility index (Phi) is 6.05. The summed E-state index contributed by atoms with van der Waals surface area (Å²) in [4.78, 5) is 0.127. The highest BCUT2D eigenvalue weighted by atomic mass is 35.5. The van der Waals surface area contributed by atoms with E-state index in [0.717, 1.165) is 24.3 Å². The third kappa shape index (κ3) is 4.68. The van der Waals surface area contributed by atoms with Crippen molar-refractivity contribution < 1.29 is 8.42 Å². The minimum Gasteiger partial charge on any atom is -0.326 e. The zero-order valence-electron chi connectivity index (χ0n) is 12.1. The van der Waals surface area contributed by atoms with E-state index in [2.05, 4.69) is 4.72 Å². The van der Waals surface area contributed by atoms with E-state index in [9.17, 15) is 8.42 Å². The number of nitrogens with two attached hydrogens (primary N) is 1. The van der Waals surface area contributed by atoms with E-state index in [0.29, 0.717) is 13.1 Å². The molecule has 0 saturated heterocycles. The highest BCUT2D eigenvalue weighted by Gasteiger charge is 2.18. The lowest BCUT2D eigenvalue weighted by Gasteiger charge is -2.11. The summed E-state index contributed by atoms with van der Waals surface area (Å²) in [5.41, 5.74) is 6.33. The molecule has 4 nitrogen and oxygen atoms in total. The summed E-state index contributed by atoms with van der Waals surface area (Å²) in [7, 11) is -3.53. The molecule has 0 aliphatic heterocycles. The third-order valence-electron chi connectivity index (χ3n) is 4.08. The van der Waals surface area contributed by atoms with Crippen molar-refractivity contribution in [1.82, 2.24) is 4.72 Å². The molecule has 0 spiro atoms. The molecule has 0 atom stereocenters. The van der Waals surface area contributed by atoms with Crippen LogP contribution in [0.25, 0.3) is 0 Å². The molecule has 0 heterocycles. The molecule has 0 radical (unpaired) electrons. The summed E-state index contributed by atoms with van der Waals surface area (Å²) in [6.07, 6.45) is 7.20.